The molecular weight excluding hydrogens is 474 g/mol. The van der Waals surface area contributed by atoms with E-state index in [-0.39, 0.29) is 5.91 Å². The van der Waals surface area contributed by atoms with E-state index in [0.29, 0.717) is 24.6 Å². The van der Waals surface area contributed by atoms with Crippen LogP contribution in [-0.2, 0) is 4.79 Å². The minimum atomic E-state index is -0.0180. The van der Waals surface area contributed by atoms with Crippen LogP contribution in [0.1, 0.15) is 24.0 Å². The molecule has 1 heterocycles. The highest BCUT2D eigenvalue weighted by Gasteiger charge is 2.16. The largest absolute Gasteiger partial charge is 0.494 e. The molecule has 0 atom stereocenters. The summed E-state index contributed by atoms with van der Waals surface area (Å²) in [7, 11) is 1.72. The number of carbonyl (C=O) groups is 1. The summed E-state index contributed by atoms with van der Waals surface area (Å²) in [6, 6.07) is 11.7. The van der Waals surface area contributed by atoms with Crippen LogP contribution < -0.4 is 9.64 Å². The molecule has 29 heavy (non-hydrogen) atoms. The number of nitrogens with zero attached hydrogens (tertiary/aromatic N) is 3. The Labute approximate surface area is 187 Å². The van der Waals surface area contributed by atoms with Crippen molar-refractivity contribution in [1.29, 1.82) is 0 Å². The van der Waals surface area contributed by atoms with Crippen molar-refractivity contribution < 1.29 is 9.53 Å². The molecule has 1 amide bonds. The van der Waals surface area contributed by atoms with Gasteiger partial charge < -0.3 is 4.74 Å². The van der Waals surface area contributed by atoms with Crippen LogP contribution in [0.4, 0.5) is 5.13 Å². The van der Waals surface area contributed by atoms with E-state index in [1.807, 2.05) is 50.2 Å². The summed E-state index contributed by atoms with van der Waals surface area (Å²) in [4.78, 5) is 14.0. The van der Waals surface area contributed by atoms with Crippen LogP contribution in [0, 0.1) is 13.8 Å². The second-order valence-electron chi connectivity index (χ2n) is 6.67. The summed E-state index contributed by atoms with van der Waals surface area (Å²) in [5.41, 5.74) is 2.94. The zero-order chi connectivity index (χ0) is 21.0. The number of aryl methyl sites for hydroxylation is 2. The molecule has 0 bridgehead atoms. The number of aromatic nitrogens is 2. The maximum Gasteiger partial charge on any atom is 0.228 e. The fourth-order valence-corrected chi connectivity index (χ4v) is 3.94. The van der Waals surface area contributed by atoms with Crippen molar-refractivity contribution in [2.24, 2.45) is 0 Å². The maximum atomic E-state index is 12.5. The molecule has 0 saturated heterocycles. The van der Waals surface area contributed by atoms with Gasteiger partial charge in [-0.3, -0.25) is 9.69 Å². The maximum absolute atomic E-state index is 12.5. The molecule has 8 heteroatoms. The van der Waals surface area contributed by atoms with E-state index in [2.05, 4.69) is 26.1 Å². The van der Waals surface area contributed by atoms with Gasteiger partial charge in [0.25, 0.3) is 0 Å². The predicted molar refractivity (Wildman–Crippen MR) is 122 cm³/mol. The molecule has 0 saturated carbocycles. The fourth-order valence-electron chi connectivity index (χ4n) is 2.74. The van der Waals surface area contributed by atoms with Gasteiger partial charge in [0.1, 0.15) is 10.8 Å². The summed E-state index contributed by atoms with van der Waals surface area (Å²) in [6.45, 7) is 4.36. The van der Waals surface area contributed by atoms with Crippen LogP contribution in [0.15, 0.2) is 40.9 Å². The van der Waals surface area contributed by atoms with Crippen molar-refractivity contribution in [2.45, 2.75) is 26.7 Å². The zero-order valence-electron chi connectivity index (χ0n) is 16.4. The molecule has 0 aliphatic heterocycles. The highest BCUT2D eigenvalue weighted by atomic mass is 79.9. The molecule has 5 nitrogen and oxygen atoms in total. The van der Waals surface area contributed by atoms with Crippen LogP contribution in [0.3, 0.4) is 0 Å². The molecule has 0 aliphatic carbocycles. The molecule has 3 rings (SSSR count). The first-order chi connectivity index (χ1) is 13.8. The lowest BCUT2D eigenvalue weighted by molar-refractivity contribution is -0.118. The lowest BCUT2D eigenvalue weighted by Crippen LogP contribution is -2.26. The van der Waals surface area contributed by atoms with Gasteiger partial charge in [-0.1, -0.05) is 51.0 Å². The summed E-state index contributed by atoms with van der Waals surface area (Å²) >= 11 is 11.0. The first-order valence-corrected chi connectivity index (χ1v) is 11.1. The minimum absolute atomic E-state index is 0.0180. The Morgan fingerprint density at radius 2 is 1.83 bits per heavy atom. The van der Waals surface area contributed by atoms with Crippen LogP contribution >= 0.6 is 38.9 Å². The second kappa shape index (κ2) is 9.69. The average molecular weight is 495 g/mol. The van der Waals surface area contributed by atoms with Crippen LogP contribution in [0.25, 0.3) is 10.6 Å². The highest BCUT2D eigenvalue weighted by molar-refractivity contribution is 9.10. The van der Waals surface area contributed by atoms with Crippen molar-refractivity contribution in [1.82, 2.24) is 10.2 Å². The third kappa shape index (κ3) is 5.56. The quantitative estimate of drug-likeness (QED) is 0.375. The van der Waals surface area contributed by atoms with E-state index in [0.717, 1.165) is 36.9 Å². The van der Waals surface area contributed by atoms with Gasteiger partial charge in [0.2, 0.25) is 11.0 Å². The number of benzene rings is 2. The Bertz CT molecular complexity index is 984. The van der Waals surface area contributed by atoms with Crippen molar-refractivity contribution in [2.75, 3.05) is 18.6 Å². The topological polar surface area (TPSA) is 55.3 Å². The molecule has 0 spiro atoms. The van der Waals surface area contributed by atoms with Crippen LogP contribution in [0.5, 0.6) is 5.75 Å². The molecule has 3 aromatic rings. The Kier molecular flexibility index (Phi) is 7.27. The fraction of sp³-hybridized carbons (Fsp3) is 0.286. The van der Waals surface area contributed by atoms with Gasteiger partial charge in [-0.2, -0.15) is 0 Å². The molecule has 0 radical (unpaired) electrons. The normalized spacial score (nSPS) is 10.8. The van der Waals surface area contributed by atoms with Crippen molar-refractivity contribution >= 4 is 49.9 Å². The highest BCUT2D eigenvalue weighted by Crippen LogP contribution is 2.29. The van der Waals surface area contributed by atoms with Crippen molar-refractivity contribution in [3.05, 3.63) is 57.0 Å². The van der Waals surface area contributed by atoms with Crippen LogP contribution in [-0.4, -0.2) is 29.8 Å². The van der Waals surface area contributed by atoms with Crippen molar-refractivity contribution in [3.8, 4) is 16.3 Å². The molecule has 1 aromatic heterocycles. The number of rotatable bonds is 7. The summed E-state index contributed by atoms with van der Waals surface area (Å²) in [6.07, 6.45) is 0.984. The molecular formula is C21H21BrClN3O2S. The Morgan fingerprint density at radius 3 is 2.48 bits per heavy atom. The predicted octanol–water partition coefficient (Wildman–Crippen LogP) is 6.06. The van der Waals surface area contributed by atoms with Gasteiger partial charge in [-0.15, -0.1) is 10.2 Å². The summed E-state index contributed by atoms with van der Waals surface area (Å²) in [5.74, 6) is 0.754. The number of hydrogen-bond donors (Lipinski definition) is 0. The molecule has 2 aromatic carbocycles. The van der Waals surface area contributed by atoms with Gasteiger partial charge in [-0.05, 0) is 55.7 Å². The molecule has 0 unspecified atom stereocenters. The van der Waals surface area contributed by atoms with Crippen LogP contribution in [0.2, 0.25) is 5.02 Å². The van der Waals surface area contributed by atoms with Gasteiger partial charge in [-0.25, -0.2) is 0 Å². The standard InChI is InChI=1S/C21H21BrClN3O2S/c1-13-11-17(12-14(2)19(13)23)28-10-4-5-18(27)26(3)21-25-24-20(29-21)15-6-8-16(22)9-7-15/h6-9,11-12H,4-5,10H2,1-3H3. The average Bonchev–Trinajstić information content (AvgIpc) is 3.19. The molecule has 0 N–H and O–H groups in total. The van der Waals surface area contributed by atoms with Crippen molar-refractivity contribution in [3.63, 3.8) is 0 Å². The first kappa shape index (κ1) is 21.7. The SMILES string of the molecule is Cc1cc(OCCCC(=O)N(C)c2nnc(-c3ccc(Br)cc3)s2)cc(C)c1Cl. The number of carbonyl (C=O) groups excluding carboxylic acids is 1. The molecule has 0 aliphatic rings. The lowest BCUT2D eigenvalue weighted by atomic mass is 10.1. The number of ether oxygens (including phenoxy) is 1. The Hall–Kier alpha value is -1.96. The van der Waals surface area contributed by atoms with E-state index in [1.54, 1.807) is 11.9 Å². The second-order valence-corrected chi connectivity index (χ2v) is 8.92. The number of anilines is 1. The minimum Gasteiger partial charge on any atom is -0.494 e. The number of amides is 1. The van der Waals surface area contributed by atoms with Gasteiger partial charge in [0.15, 0.2) is 0 Å². The van der Waals surface area contributed by atoms with Gasteiger partial charge in [0, 0.05) is 28.5 Å². The van der Waals surface area contributed by atoms with E-state index >= 15 is 0 Å². The number of hydrogen-bond acceptors (Lipinski definition) is 5. The lowest BCUT2D eigenvalue weighted by Gasteiger charge is -2.13. The Balaban J connectivity index is 1.51. The van der Waals surface area contributed by atoms with E-state index in [4.69, 9.17) is 16.3 Å². The van der Waals surface area contributed by atoms with E-state index in [1.165, 1.54) is 11.3 Å². The third-order valence-corrected chi connectivity index (χ3v) is 6.55. The summed E-state index contributed by atoms with van der Waals surface area (Å²) in [5, 5.41) is 10.5. The molecule has 0 fully saturated rings. The zero-order valence-corrected chi connectivity index (χ0v) is 19.6. The van der Waals surface area contributed by atoms with Gasteiger partial charge >= 0.3 is 0 Å². The first-order valence-electron chi connectivity index (χ1n) is 9.10. The Morgan fingerprint density at radius 1 is 1.17 bits per heavy atom. The third-order valence-electron chi connectivity index (χ3n) is 4.38. The van der Waals surface area contributed by atoms with E-state index < -0.39 is 0 Å². The number of halogens is 2. The monoisotopic (exact) mass is 493 g/mol. The van der Waals surface area contributed by atoms with E-state index in [9.17, 15) is 4.79 Å². The smallest absolute Gasteiger partial charge is 0.228 e. The van der Waals surface area contributed by atoms with Gasteiger partial charge in [0.05, 0.1) is 6.61 Å². The molecule has 152 valence electrons. The summed E-state index contributed by atoms with van der Waals surface area (Å²) < 4.78 is 6.78.